The fourth-order valence-electron chi connectivity index (χ4n) is 2.23. The summed E-state index contributed by atoms with van der Waals surface area (Å²) < 4.78 is 0. The van der Waals surface area contributed by atoms with Crippen molar-refractivity contribution in [2.75, 3.05) is 5.73 Å². The third-order valence-corrected chi connectivity index (χ3v) is 3.48. The molecule has 0 aromatic heterocycles. The molecule has 1 rings (SSSR count). The molecule has 1 unspecified atom stereocenters. The highest BCUT2D eigenvalue weighted by Crippen LogP contribution is 2.20. The maximum atomic E-state index is 11.2. The topological polar surface area (TPSA) is 63.3 Å². The van der Waals surface area contributed by atoms with Gasteiger partial charge in [-0.3, -0.25) is 0 Å². The van der Waals surface area contributed by atoms with Crippen LogP contribution < -0.4 is 5.73 Å². The van der Waals surface area contributed by atoms with Crippen LogP contribution >= 0.6 is 0 Å². The van der Waals surface area contributed by atoms with Crippen LogP contribution in [0.15, 0.2) is 29.8 Å². The highest BCUT2D eigenvalue weighted by molar-refractivity contribution is 5.89. The molecular formula is C17H25NO2. The van der Waals surface area contributed by atoms with Crippen LogP contribution in [0.1, 0.15) is 56.0 Å². The number of allylic oxidation sites excluding steroid dienone is 2. The Hall–Kier alpha value is -1.77. The Morgan fingerprint density at radius 1 is 1.35 bits per heavy atom. The van der Waals surface area contributed by atoms with E-state index in [0.29, 0.717) is 17.2 Å². The van der Waals surface area contributed by atoms with E-state index < -0.39 is 5.97 Å². The Morgan fingerprint density at radius 2 is 2.05 bits per heavy atom. The molecule has 0 saturated carbocycles. The van der Waals surface area contributed by atoms with Gasteiger partial charge in [-0.05, 0) is 69.2 Å². The SMILES string of the molecule is CC(C)=CCCC(C)CCc1cc(N)ccc1C(=O)O. The molecule has 110 valence electrons. The molecule has 0 fully saturated rings. The first-order valence-corrected chi connectivity index (χ1v) is 7.15. The fourth-order valence-corrected chi connectivity index (χ4v) is 2.23. The van der Waals surface area contributed by atoms with Crippen LogP contribution in [-0.4, -0.2) is 11.1 Å². The minimum absolute atomic E-state index is 0.371. The molecule has 0 radical (unpaired) electrons. The smallest absolute Gasteiger partial charge is 0.335 e. The number of aryl methyl sites for hydroxylation is 1. The summed E-state index contributed by atoms with van der Waals surface area (Å²) >= 11 is 0. The molecule has 0 aliphatic heterocycles. The summed E-state index contributed by atoms with van der Waals surface area (Å²) in [5, 5.41) is 9.18. The summed E-state index contributed by atoms with van der Waals surface area (Å²) in [5.41, 5.74) is 8.93. The lowest BCUT2D eigenvalue weighted by atomic mass is 9.94. The predicted molar refractivity (Wildman–Crippen MR) is 84.0 cm³/mol. The average Bonchev–Trinajstić information content (AvgIpc) is 2.35. The van der Waals surface area contributed by atoms with Crippen LogP contribution in [-0.2, 0) is 6.42 Å². The number of nitrogens with two attached hydrogens (primary N) is 1. The van der Waals surface area contributed by atoms with Gasteiger partial charge < -0.3 is 10.8 Å². The van der Waals surface area contributed by atoms with Gasteiger partial charge in [0.2, 0.25) is 0 Å². The number of carbonyl (C=O) groups is 1. The first kappa shape index (κ1) is 16.3. The first-order valence-electron chi connectivity index (χ1n) is 7.15. The number of hydrogen-bond donors (Lipinski definition) is 2. The van der Waals surface area contributed by atoms with Crippen molar-refractivity contribution in [2.24, 2.45) is 5.92 Å². The second-order valence-corrected chi connectivity index (χ2v) is 5.72. The van der Waals surface area contributed by atoms with Gasteiger partial charge in [0.05, 0.1) is 5.56 Å². The van der Waals surface area contributed by atoms with Crippen LogP contribution in [0.2, 0.25) is 0 Å². The molecule has 1 atom stereocenters. The number of rotatable bonds is 7. The summed E-state index contributed by atoms with van der Waals surface area (Å²) in [6.07, 6.45) is 6.23. The van der Waals surface area contributed by atoms with Crippen molar-refractivity contribution in [1.29, 1.82) is 0 Å². The third-order valence-electron chi connectivity index (χ3n) is 3.48. The van der Waals surface area contributed by atoms with Gasteiger partial charge in [0.15, 0.2) is 0 Å². The molecule has 0 heterocycles. The lowest BCUT2D eigenvalue weighted by molar-refractivity contribution is 0.0695. The van der Waals surface area contributed by atoms with E-state index in [1.807, 2.05) is 0 Å². The summed E-state index contributed by atoms with van der Waals surface area (Å²) in [4.78, 5) is 11.2. The van der Waals surface area contributed by atoms with E-state index in [-0.39, 0.29) is 0 Å². The molecular weight excluding hydrogens is 250 g/mol. The van der Waals surface area contributed by atoms with Crippen molar-refractivity contribution >= 4 is 11.7 Å². The predicted octanol–water partition coefficient (Wildman–Crippen LogP) is 4.28. The third kappa shape index (κ3) is 5.47. The highest BCUT2D eigenvalue weighted by atomic mass is 16.4. The molecule has 3 nitrogen and oxygen atoms in total. The van der Waals surface area contributed by atoms with E-state index in [0.717, 1.165) is 31.2 Å². The molecule has 20 heavy (non-hydrogen) atoms. The minimum atomic E-state index is -0.878. The van der Waals surface area contributed by atoms with Crippen molar-refractivity contribution in [3.63, 3.8) is 0 Å². The van der Waals surface area contributed by atoms with Crippen LogP contribution in [0.3, 0.4) is 0 Å². The van der Waals surface area contributed by atoms with Gasteiger partial charge in [-0.2, -0.15) is 0 Å². The number of nitrogen functional groups attached to an aromatic ring is 1. The monoisotopic (exact) mass is 275 g/mol. The van der Waals surface area contributed by atoms with Crippen molar-refractivity contribution in [1.82, 2.24) is 0 Å². The highest BCUT2D eigenvalue weighted by Gasteiger charge is 2.11. The first-order chi connectivity index (χ1) is 9.40. The van der Waals surface area contributed by atoms with Gasteiger partial charge in [-0.15, -0.1) is 0 Å². The average molecular weight is 275 g/mol. The zero-order valence-electron chi connectivity index (χ0n) is 12.6. The molecule has 3 N–H and O–H groups in total. The van der Waals surface area contributed by atoms with Crippen molar-refractivity contribution in [3.8, 4) is 0 Å². The standard InChI is InChI=1S/C17H25NO2/c1-12(2)5-4-6-13(3)7-8-14-11-15(18)9-10-16(14)17(19)20/h5,9-11,13H,4,6-8,18H2,1-3H3,(H,19,20). The van der Waals surface area contributed by atoms with Gasteiger partial charge >= 0.3 is 5.97 Å². The summed E-state index contributed by atoms with van der Waals surface area (Å²) in [5.74, 6) is -0.300. The molecule has 0 amide bonds. The lowest BCUT2D eigenvalue weighted by Crippen LogP contribution is -2.05. The Kier molecular flexibility index (Phi) is 6.29. The van der Waals surface area contributed by atoms with E-state index in [9.17, 15) is 9.90 Å². The van der Waals surface area contributed by atoms with Gasteiger partial charge in [-0.25, -0.2) is 4.79 Å². The number of benzene rings is 1. The normalized spacial score (nSPS) is 11.9. The van der Waals surface area contributed by atoms with Gasteiger partial charge in [-0.1, -0.05) is 18.6 Å². The number of carboxylic acid groups (broad SMARTS) is 1. The van der Waals surface area contributed by atoms with Crippen LogP contribution in [0.5, 0.6) is 0 Å². The second kappa shape index (κ2) is 7.73. The minimum Gasteiger partial charge on any atom is -0.478 e. The zero-order chi connectivity index (χ0) is 15.1. The molecule has 1 aromatic rings. The Bertz CT molecular complexity index is 488. The number of aromatic carboxylic acids is 1. The Morgan fingerprint density at radius 3 is 2.65 bits per heavy atom. The van der Waals surface area contributed by atoms with Crippen molar-refractivity contribution in [2.45, 2.75) is 46.5 Å². The second-order valence-electron chi connectivity index (χ2n) is 5.72. The van der Waals surface area contributed by atoms with E-state index in [2.05, 4.69) is 26.8 Å². The number of carboxylic acids is 1. The van der Waals surface area contributed by atoms with Crippen molar-refractivity contribution < 1.29 is 9.90 Å². The van der Waals surface area contributed by atoms with Crippen LogP contribution in [0.4, 0.5) is 5.69 Å². The summed E-state index contributed by atoms with van der Waals surface area (Å²) in [6.45, 7) is 6.43. The Labute approximate surface area is 121 Å². The van der Waals surface area contributed by atoms with Gasteiger partial charge in [0.25, 0.3) is 0 Å². The van der Waals surface area contributed by atoms with Crippen molar-refractivity contribution in [3.05, 3.63) is 41.0 Å². The van der Waals surface area contributed by atoms with Gasteiger partial charge in [0.1, 0.15) is 0 Å². The summed E-state index contributed by atoms with van der Waals surface area (Å²) in [6, 6.07) is 5.03. The number of hydrogen-bond acceptors (Lipinski definition) is 2. The quantitative estimate of drug-likeness (QED) is 0.576. The zero-order valence-corrected chi connectivity index (χ0v) is 12.6. The maximum absolute atomic E-state index is 11.2. The molecule has 0 aliphatic rings. The van der Waals surface area contributed by atoms with E-state index >= 15 is 0 Å². The number of anilines is 1. The molecule has 0 aliphatic carbocycles. The molecule has 3 heteroatoms. The lowest BCUT2D eigenvalue weighted by Gasteiger charge is -2.12. The molecule has 0 saturated heterocycles. The Balaban J connectivity index is 2.58. The maximum Gasteiger partial charge on any atom is 0.335 e. The van der Waals surface area contributed by atoms with E-state index in [1.54, 1.807) is 18.2 Å². The molecule has 1 aromatic carbocycles. The van der Waals surface area contributed by atoms with Crippen LogP contribution in [0.25, 0.3) is 0 Å². The van der Waals surface area contributed by atoms with Gasteiger partial charge in [0, 0.05) is 5.69 Å². The summed E-state index contributed by atoms with van der Waals surface area (Å²) in [7, 11) is 0. The van der Waals surface area contributed by atoms with Crippen LogP contribution in [0, 0.1) is 5.92 Å². The van der Waals surface area contributed by atoms with E-state index in [4.69, 9.17) is 5.73 Å². The molecule has 0 spiro atoms. The van der Waals surface area contributed by atoms with E-state index in [1.165, 1.54) is 5.57 Å². The molecule has 0 bridgehead atoms. The largest absolute Gasteiger partial charge is 0.478 e. The fraction of sp³-hybridized carbons (Fsp3) is 0.471.